The van der Waals surface area contributed by atoms with Gasteiger partial charge in [0.1, 0.15) is 0 Å². The van der Waals surface area contributed by atoms with Crippen molar-refractivity contribution in [1.29, 1.82) is 0 Å². The molecule has 2 heterocycles. The number of imidazole rings is 1. The molecule has 0 bridgehead atoms. The number of halogens is 1. The van der Waals surface area contributed by atoms with Crippen LogP contribution in [0.4, 0.5) is 0 Å². The number of hydrogen-bond donors (Lipinski definition) is 1. The molecule has 0 saturated heterocycles. The van der Waals surface area contributed by atoms with Gasteiger partial charge >= 0.3 is 0 Å². The SMILES string of the molecule is CNCCN(C)S(=O)(=O)c1c(Cl)nc2sccn12. The summed E-state index contributed by atoms with van der Waals surface area (Å²) in [5.74, 6) is 0. The molecule has 2 aromatic heterocycles. The summed E-state index contributed by atoms with van der Waals surface area (Å²) in [5.41, 5.74) is 0. The maximum absolute atomic E-state index is 12.4. The smallest absolute Gasteiger partial charge is 0.262 e. The predicted octanol–water partition coefficient (Wildman–Crippen LogP) is 0.889. The van der Waals surface area contributed by atoms with Crippen molar-refractivity contribution < 1.29 is 8.42 Å². The fraction of sp³-hybridized carbons (Fsp3) is 0.444. The van der Waals surface area contributed by atoms with Crippen molar-refractivity contribution in [2.75, 3.05) is 27.2 Å². The van der Waals surface area contributed by atoms with Crippen LogP contribution in [0.1, 0.15) is 0 Å². The lowest BCUT2D eigenvalue weighted by Crippen LogP contribution is -2.33. The van der Waals surface area contributed by atoms with E-state index in [0.29, 0.717) is 18.1 Å². The Labute approximate surface area is 114 Å². The van der Waals surface area contributed by atoms with Gasteiger partial charge < -0.3 is 5.32 Å². The van der Waals surface area contributed by atoms with Gasteiger partial charge in [-0.25, -0.2) is 13.4 Å². The molecular weight excluding hydrogens is 296 g/mol. The quantitative estimate of drug-likeness (QED) is 0.891. The Morgan fingerprint density at radius 1 is 1.61 bits per heavy atom. The van der Waals surface area contributed by atoms with Gasteiger partial charge in [-0.3, -0.25) is 4.40 Å². The highest BCUT2D eigenvalue weighted by Crippen LogP contribution is 2.27. The maximum atomic E-state index is 12.4. The fourth-order valence-corrected chi connectivity index (χ4v) is 4.07. The largest absolute Gasteiger partial charge is 0.318 e. The molecule has 18 heavy (non-hydrogen) atoms. The summed E-state index contributed by atoms with van der Waals surface area (Å²) < 4.78 is 27.5. The van der Waals surface area contributed by atoms with Crippen LogP contribution in [0.2, 0.25) is 5.15 Å². The van der Waals surface area contributed by atoms with E-state index in [1.165, 1.54) is 27.1 Å². The maximum Gasteiger partial charge on any atom is 0.262 e. The molecule has 100 valence electrons. The van der Waals surface area contributed by atoms with E-state index in [1.54, 1.807) is 18.6 Å². The van der Waals surface area contributed by atoms with Crippen LogP contribution in [0.15, 0.2) is 16.6 Å². The van der Waals surface area contributed by atoms with Gasteiger partial charge in [-0.2, -0.15) is 4.31 Å². The van der Waals surface area contributed by atoms with Gasteiger partial charge in [0.25, 0.3) is 10.0 Å². The predicted molar refractivity (Wildman–Crippen MR) is 71.8 cm³/mol. The number of aromatic nitrogens is 2. The summed E-state index contributed by atoms with van der Waals surface area (Å²) in [6, 6.07) is 0. The van der Waals surface area contributed by atoms with E-state index in [-0.39, 0.29) is 10.2 Å². The topological polar surface area (TPSA) is 66.7 Å². The van der Waals surface area contributed by atoms with Crippen LogP contribution in [0.5, 0.6) is 0 Å². The molecule has 0 unspecified atom stereocenters. The van der Waals surface area contributed by atoms with E-state index < -0.39 is 10.0 Å². The third kappa shape index (κ3) is 2.26. The van der Waals surface area contributed by atoms with Crippen molar-refractivity contribution in [1.82, 2.24) is 19.0 Å². The van der Waals surface area contributed by atoms with E-state index in [1.807, 2.05) is 0 Å². The number of nitrogens with one attached hydrogen (secondary N) is 1. The Hall–Kier alpha value is -0.670. The Bertz CT molecular complexity index is 649. The number of rotatable bonds is 5. The van der Waals surface area contributed by atoms with Crippen LogP contribution < -0.4 is 5.32 Å². The van der Waals surface area contributed by atoms with Gasteiger partial charge in [0, 0.05) is 31.7 Å². The first-order valence-electron chi connectivity index (χ1n) is 5.20. The lowest BCUT2D eigenvalue weighted by atomic mass is 10.6. The molecular formula is C9H13ClN4O2S2. The van der Waals surface area contributed by atoms with Crippen molar-refractivity contribution in [3.63, 3.8) is 0 Å². The van der Waals surface area contributed by atoms with Crippen LogP contribution in [0, 0.1) is 0 Å². The van der Waals surface area contributed by atoms with Crippen molar-refractivity contribution in [3.05, 3.63) is 16.7 Å². The van der Waals surface area contributed by atoms with Crippen LogP contribution in [0.25, 0.3) is 4.96 Å². The van der Waals surface area contributed by atoms with Gasteiger partial charge in [-0.1, -0.05) is 11.6 Å². The summed E-state index contributed by atoms with van der Waals surface area (Å²) in [7, 11) is -0.337. The first-order valence-corrected chi connectivity index (χ1v) is 7.90. The zero-order valence-electron chi connectivity index (χ0n) is 9.92. The summed E-state index contributed by atoms with van der Waals surface area (Å²) >= 11 is 7.26. The molecule has 2 aromatic rings. The fourth-order valence-electron chi connectivity index (χ4n) is 1.51. The summed E-state index contributed by atoms with van der Waals surface area (Å²) in [6.45, 7) is 0.936. The Balaban J connectivity index is 2.46. The van der Waals surface area contributed by atoms with Gasteiger partial charge in [-0.05, 0) is 7.05 Å². The molecule has 0 saturated carbocycles. The molecule has 0 atom stereocenters. The lowest BCUT2D eigenvalue weighted by molar-refractivity contribution is 0.463. The molecule has 2 rings (SSSR count). The third-order valence-corrected chi connectivity index (χ3v) is 5.52. The Morgan fingerprint density at radius 3 is 3.00 bits per heavy atom. The van der Waals surface area contributed by atoms with Gasteiger partial charge in [0.15, 0.2) is 15.1 Å². The van der Waals surface area contributed by atoms with Crippen LogP contribution >= 0.6 is 22.9 Å². The zero-order chi connectivity index (χ0) is 13.3. The number of nitrogens with zero attached hydrogens (tertiary/aromatic N) is 3. The molecule has 0 aromatic carbocycles. The summed E-state index contributed by atoms with van der Waals surface area (Å²) in [5, 5.41) is 4.71. The standard InChI is InChI=1S/C9H13ClN4O2S2/c1-11-3-4-13(2)18(15,16)8-7(10)12-9-14(8)5-6-17-9/h5-6,11H,3-4H2,1-2H3. The number of hydrogen-bond acceptors (Lipinski definition) is 5. The Morgan fingerprint density at radius 2 is 2.33 bits per heavy atom. The highest BCUT2D eigenvalue weighted by Gasteiger charge is 2.28. The van der Waals surface area contributed by atoms with E-state index in [0.717, 1.165) is 0 Å². The van der Waals surface area contributed by atoms with Crippen LogP contribution in [-0.2, 0) is 10.0 Å². The summed E-state index contributed by atoms with van der Waals surface area (Å²) in [4.78, 5) is 4.60. The Kier molecular flexibility index (Phi) is 3.93. The molecule has 0 amide bonds. The minimum absolute atomic E-state index is 0.0122. The van der Waals surface area contributed by atoms with E-state index >= 15 is 0 Å². The lowest BCUT2D eigenvalue weighted by Gasteiger charge is -2.16. The van der Waals surface area contributed by atoms with E-state index in [4.69, 9.17) is 11.6 Å². The zero-order valence-corrected chi connectivity index (χ0v) is 12.3. The van der Waals surface area contributed by atoms with Crippen molar-refractivity contribution in [2.45, 2.75) is 5.03 Å². The van der Waals surface area contributed by atoms with Gasteiger partial charge in [0.05, 0.1) is 0 Å². The van der Waals surface area contributed by atoms with Crippen molar-refractivity contribution >= 4 is 37.9 Å². The van der Waals surface area contributed by atoms with Crippen LogP contribution in [-0.4, -0.2) is 49.3 Å². The number of likely N-dealkylation sites (N-methyl/N-ethyl adjacent to an activating group) is 2. The third-order valence-electron chi connectivity index (χ3n) is 2.51. The first-order chi connectivity index (χ1) is 8.48. The molecule has 0 fully saturated rings. The number of sulfonamides is 1. The second-order valence-electron chi connectivity index (χ2n) is 3.69. The molecule has 0 spiro atoms. The highest BCUT2D eigenvalue weighted by molar-refractivity contribution is 7.89. The number of thiazole rings is 1. The average molecular weight is 309 g/mol. The minimum Gasteiger partial charge on any atom is -0.318 e. The molecule has 6 nitrogen and oxygen atoms in total. The number of fused-ring (bicyclic) bond motifs is 1. The van der Waals surface area contributed by atoms with Crippen molar-refractivity contribution in [2.24, 2.45) is 0 Å². The van der Waals surface area contributed by atoms with Crippen molar-refractivity contribution in [3.8, 4) is 0 Å². The molecule has 1 N–H and O–H groups in total. The van der Waals surface area contributed by atoms with E-state index in [9.17, 15) is 8.42 Å². The van der Waals surface area contributed by atoms with Gasteiger partial charge in [-0.15, -0.1) is 11.3 Å². The molecule has 9 heteroatoms. The average Bonchev–Trinajstić information content (AvgIpc) is 2.84. The minimum atomic E-state index is -3.63. The van der Waals surface area contributed by atoms with E-state index in [2.05, 4.69) is 10.3 Å². The highest BCUT2D eigenvalue weighted by atomic mass is 35.5. The normalized spacial score (nSPS) is 12.7. The summed E-state index contributed by atoms with van der Waals surface area (Å²) in [6.07, 6.45) is 1.65. The monoisotopic (exact) mass is 308 g/mol. The molecule has 0 aliphatic rings. The second kappa shape index (κ2) is 5.14. The molecule has 0 aliphatic carbocycles. The van der Waals surface area contributed by atoms with Gasteiger partial charge in [0.2, 0.25) is 0 Å². The second-order valence-corrected chi connectivity index (χ2v) is 6.88. The molecule has 0 aliphatic heterocycles. The first kappa shape index (κ1) is 13.8. The van der Waals surface area contributed by atoms with Crippen LogP contribution in [0.3, 0.4) is 0 Å². The molecule has 0 radical (unpaired) electrons.